The molecule has 1 aromatic heterocycles. The van der Waals surface area contributed by atoms with Crippen LogP contribution in [0.15, 0.2) is 41.8 Å². The molecule has 0 aliphatic heterocycles. The first kappa shape index (κ1) is 12.7. The van der Waals surface area contributed by atoms with E-state index < -0.39 is 0 Å². The molecule has 0 saturated heterocycles. The van der Waals surface area contributed by atoms with Crippen molar-refractivity contribution in [2.75, 3.05) is 7.11 Å². The first-order valence-electron chi connectivity index (χ1n) is 5.24. The number of methoxy groups -OCH3 is 1. The van der Waals surface area contributed by atoms with Crippen LogP contribution in [0.5, 0.6) is 5.75 Å². The second-order valence-corrected chi connectivity index (χ2v) is 4.84. The normalized spacial score (nSPS) is 11.6. The van der Waals surface area contributed by atoms with E-state index in [2.05, 4.69) is 6.07 Å². The molecule has 0 spiro atoms. The van der Waals surface area contributed by atoms with Crippen molar-refractivity contribution < 1.29 is 4.74 Å². The van der Waals surface area contributed by atoms with Gasteiger partial charge < -0.3 is 4.74 Å². The summed E-state index contributed by atoms with van der Waals surface area (Å²) >= 11 is 7.79. The van der Waals surface area contributed by atoms with Gasteiger partial charge in [0.05, 0.1) is 17.7 Å². The minimum atomic E-state index is 0.443. The summed E-state index contributed by atoms with van der Waals surface area (Å²) < 4.78 is 5.15. The van der Waals surface area contributed by atoms with Crippen LogP contribution in [0.3, 0.4) is 0 Å². The quantitative estimate of drug-likeness (QED) is 0.779. The number of nitrogens with zero attached hydrogens (tertiary/aromatic N) is 1. The minimum Gasteiger partial charge on any atom is -0.497 e. The van der Waals surface area contributed by atoms with Gasteiger partial charge >= 0.3 is 0 Å². The Labute approximate surface area is 115 Å². The molecule has 0 fully saturated rings. The standard InChI is InChI=1S/C14H10ClNOS/c1-17-11-5-2-4-10(8-11)14(15)12(9-16)13-6-3-7-18-13/h2-8H,1H3/b14-12-. The zero-order chi connectivity index (χ0) is 13.0. The zero-order valence-corrected chi connectivity index (χ0v) is 11.3. The summed E-state index contributed by atoms with van der Waals surface area (Å²) in [6, 6.07) is 13.3. The molecule has 0 N–H and O–H groups in total. The van der Waals surface area contributed by atoms with Crippen LogP contribution in [0.1, 0.15) is 10.4 Å². The highest BCUT2D eigenvalue weighted by molar-refractivity contribution is 7.11. The van der Waals surface area contributed by atoms with E-state index in [9.17, 15) is 5.26 Å². The van der Waals surface area contributed by atoms with Crippen molar-refractivity contribution in [1.82, 2.24) is 0 Å². The van der Waals surface area contributed by atoms with Crippen molar-refractivity contribution >= 4 is 33.5 Å². The summed E-state index contributed by atoms with van der Waals surface area (Å²) in [5.41, 5.74) is 1.26. The lowest BCUT2D eigenvalue weighted by molar-refractivity contribution is 0.414. The number of ether oxygens (including phenoxy) is 1. The van der Waals surface area contributed by atoms with Gasteiger partial charge in [-0.25, -0.2) is 0 Å². The average molecular weight is 276 g/mol. The van der Waals surface area contributed by atoms with E-state index in [0.717, 1.165) is 10.4 Å². The summed E-state index contributed by atoms with van der Waals surface area (Å²) in [6.45, 7) is 0. The molecular weight excluding hydrogens is 266 g/mol. The number of rotatable bonds is 3. The fraction of sp³-hybridized carbons (Fsp3) is 0.0714. The SMILES string of the molecule is COc1cccc(/C(Cl)=C(\C#N)c2cccs2)c1. The maximum Gasteiger partial charge on any atom is 0.119 e. The van der Waals surface area contributed by atoms with Crippen molar-refractivity contribution in [2.45, 2.75) is 0 Å². The summed E-state index contributed by atoms with van der Waals surface area (Å²) in [6.07, 6.45) is 0. The molecule has 0 bridgehead atoms. The molecule has 0 atom stereocenters. The van der Waals surface area contributed by atoms with Gasteiger partial charge in [-0.1, -0.05) is 29.8 Å². The molecule has 0 amide bonds. The number of benzene rings is 1. The van der Waals surface area contributed by atoms with Crippen molar-refractivity contribution in [3.8, 4) is 11.8 Å². The monoisotopic (exact) mass is 275 g/mol. The number of hydrogen-bond donors (Lipinski definition) is 0. The van der Waals surface area contributed by atoms with Gasteiger partial charge in [-0.15, -0.1) is 11.3 Å². The topological polar surface area (TPSA) is 33.0 Å². The van der Waals surface area contributed by atoms with Crippen LogP contribution in [0.2, 0.25) is 0 Å². The molecule has 2 nitrogen and oxygen atoms in total. The van der Waals surface area contributed by atoms with Crippen LogP contribution < -0.4 is 4.74 Å². The van der Waals surface area contributed by atoms with E-state index in [-0.39, 0.29) is 0 Å². The molecular formula is C14H10ClNOS. The predicted molar refractivity (Wildman–Crippen MR) is 75.6 cm³/mol. The maximum atomic E-state index is 9.24. The van der Waals surface area contributed by atoms with Crippen LogP contribution in [-0.2, 0) is 0 Å². The third-order valence-corrected chi connectivity index (χ3v) is 3.72. The number of nitriles is 1. The van der Waals surface area contributed by atoms with Gasteiger partial charge in [0.15, 0.2) is 0 Å². The van der Waals surface area contributed by atoms with E-state index in [1.54, 1.807) is 7.11 Å². The Kier molecular flexibility index (Phi) is 4.03. The van der Waals surface area contributed by atoms with Gasteiger partial charge in [0.25, 0.3) is 0 Å². The van der Waals surface area contributed by atoms with Crippen LogP contribution in [0, 0.1) is 11.3 Å². The van der Waals surface area contributed by atoms with Gasteiger partial charge in [-0.2, -0.15) is 5.26 Å². The lowest BCUT2D eigenvalue weighted by atomic mass is 10.1. The Hall–Kier alpha value is -1.76. The second-order valence-electron chi connectivity index (χ2n) is 3.51. The number of hydrogen-bond acceptors (Lipinski definition) is 3. The summed E-state index contributed by atoms with van der Waals surface area (Å²) in [7, 11) is 1.60. The van der Waals surface area contributed by atoms with E-state index in [1.165, 1.54) is 11.3 Å². The fourth-order valence-corrected chi connectivity index (χ4v) is 2.58. The van der Waals surface area contributed by atoms with Crippen LogP contribution in [0.4, 0.5) is 0 Å². The molecule has 90 valence electrons. The summed E-state index contributed by atoms with van der Waals surface area (Å²) in [4.78, 5) is 0.866. The highest BCUT2D eigenvalue weighted by Gasteiger charge is 2.10. The van der Waals surface area contributed by atoms with Gasteiger partial charge in [0, 0.05) is 4.88 Å². The van der Waals surface area contributed by atoms with E-state index >= 15 is 0 Å². The molecule has 2 aromatic rings. The Morgan fingerprint density at radius 3 is 2.78 bits per heavy atom. The molecule has 1 heterocycles. The van der Waals surface area contributed by atoms with E-state index in [1.807, 2.05) is 41.8 Å². The fourth-order valence-electron chi connectivity index (χ4n) is 1.54. The van der Waals surface area contributed by atoms with Gasteiger partial charge in [-0.05, 0) is 29.1 Å². The van der Waals surface area contributed by atoms with Crippen molar-refractivity contribution in [2.24, 2.45) is 0 Å². The molecule has 0 unspecified atom stereocenters. The lowest BCUT2D eigenvalue weighted by Gasteiger charge is -2.05. The van der Waals surface area contributed by atoms with Crippen molar-refractivity contribution in [3.63, 3.8) is 0 Å². The van der Waals surface area contributed by atoms with Crippen LogP contribution in [-0.4, -0.2) is 7.11 Å². The van der Waals surface area contributed by atoms with Gasteiger partial charge in [-0.3, -0.25) is 0 Å². The highest BCUT2D eigenvalue weighted by Crippen LogP contribution is 2.32. The number of thiophene rings is 1. The molecule has 18 heavy (non-hydrogen) atoms. The molecule has 0 aliphatic rings. The lowest BCUT2D eigenvalue weighted by Crippen LogP contribution is -1.86. The van der Waals surface area contributed by atoms with E-state index in [4.69, 9.17) is 16.3 Å². The Morgan fingerprint density at radius 2 is 2.17 bits per heavy atom. The Morgan fingerprint density at radius 1 is 1.33 bits per heavy atom. The molecule has 0 aliphatic carbocycles. The molecule has 1 aromatic carbocycles. The largest absolute Gasteiger partial charge is 0.497 e. The highest BCUT2D eigenvalue weighted by atomic mass is 35.5. The Balaban J connectivity index is 2.51. The number of allylic oxidation sites excluding steroid dienone is 1. The second kappa shape index (κ2) is 5.72. The molecule has 4 heteroatoms. The van der Waals surface area contributed by atoms with Crippen LogP contribution >= 0.6 is 22.9 Å². The third-order valence-electron chi connectivity index (χ3n) is 2.42. The zero-order valence-electron chi connectivity index (χ0n) is 9.68. The summed E-state index contributed by atoms with van der Waals surface area (Å²) in [5.74, 6) is 0.717. The Bertz CT molecular complexity index is 611. The van der Waals surface area contributed by atoms with Gasteiger partial charge in [0.2, 0.25) is 0 Å². The smallest absolute Gasteiger partial charge is 0.119 e. The van der Waals surface area contributed by atoms with Crippen LogP contribution in [0.25, 0.3) is 10.6 Å². The van der Waals surface area contributed by atoms with E-state index in [0.29, 0.717) is 16.4 Å². The predicted octanol–water partition coefficient (Wildman–Crippen LogP) is 4.39. The average Bonchev–Trinajstić information content (AvgIpc) is 2.93. The summed E-state index contributed by atoms with van der Waals surface area (Å²) in [5, 5.41) is 11.6. The number of halogens is 1. The van der Waals surface area contributed by atoms with Crippen molar-refractivity contribution in [1.29, 1.82) is 5.26 Å². The first-order chi connectivity index (χ1) is 8.76. The molecule has 0 saturated carbocycles. The third kappa shape index (κ3) is 2.56. The maximum absolute atomic E-state index is 9.24. The van der Waals surface area contributed by atoms with Crippen molar-refractivity contribution in [3.05, 3.63) is 52.2 Å². The van der Waals surface area contributed by atoms with Gasteiger partial charge in [0.1, 0.15) is 11.8 Å². The molecule has 0 radical (unpaired) electrons. The molecule has 2 rings (SSSR count). The minimum absolute atomic E-state index is 0.443. The first-order valence-corrected chi connectivity index (χ1v) is 6.50.